The zero-order chi connectivity index (χ0) is 15.2. The van der Waals surface area contributed by atoms with Gasteiger partial charge in [0.25, 0.3) is 0 Å². The maximum Gasteiger partial charge on any atom is 0.212 e. The lowest BCUT2D eigenvalue weighted by Crippen LogP contribution is -2.24. The summed E-state index contributed by atoms with van der Waals surface area (Å²) in [7, 11) is 0. The van der Waals surface area contributed by atoms with Crippen LogP contribution in [0.5, 0.6) is 0 Å². The summed E-state index contributed by atoms with van der Waals surface area (Å²) < 4.78 is 0. The Labute approximate surface area is 122 Å². The van der Waals surface area contributed by atoms with E-state index in [0.29, 0.717) is 5.56 Å². The Bertz CT molecular complexity index is 599. The molecule has 0 amide bonds. The van der Waals surface area contributed by atoms with Crippen molar-refractivity contribution in [1.29, 1.82) is 0 Å². The highest BCUT2D eigenvalue weighted by atomic mass is 17.2. The molecular formula is C16H17NO4. The number of carbonyl (C=O) groups is 2. The summed E-state index contributed by atoms with van der Waals surface area (Å²) in [5.41, 5.74) is 4.07. The first-order chi connectivity index (χ1) is 10.2. The minimum atomic E-state index is -0.398. The lowest BCUT2D eigenvalue weighted by molar-refractivity contribution is -0.282. The second kappa shape index (κ2) is 6.97. The van der Waals surface area contributed by atoms with Gasteiger partial charge in [-0.25, -0.2) is 10.7 Å². The molecule has 2 rings (SSSR count). The molecule has 0 atom stereocenters. The summed E-state index contributed by atoms with van der Waals surface area (Å²) in [6, 6.07) is 7.56. The Morgan fingerprint density at radius 1 is 1.14 bits per heavy atom. The fourth-order valence-corrected chi connectivity index (χ4v) is 2.17. The van der Waals surface area contributed by atoms with E-state index in [4.69, 9.17) is 5.26 Å². The van der Waals surface area contributed by atoms with E-state index in [1.54, 1.807) is 0 Å². The third-order valence-corrected chi connectivity index (χ3v) is 3.30. The molecule has 0 unspecified atom stereocenters. The minimum absolute atomic E-state index is 0.0879. The maximum atomic E-state index is 12.2. The zero-order valence-electron chi connectivity index (χ0n) is 11.8. The third-order valence-electron chi connectivity index (χ3n) is 3.30. The molecule has 5 heteroatoms. The van der Waals surface area contributed by atoms with E-state index < -0.39 is 5.78 Å². The van der Waals surface area contributed by atoms with E-state index >= 15 is 0 Å². The summed E-state index contributed by atoms with van der Waals surface area (Å²) in [4.78, 5) is 27.5. The zero-order valence-corrected chi connectivity index (χ0v) is 11.8. The molecule has 2 N–H and O–H groups in total. The molecule has 0 saturated carbocycles. The van der Waals surface area contributed by atoms with Gasteiger partial charge in [-0.1, -0.05) is 37.6 Å². The SMILES string of the molecule is CCCCc1ccc(C2=CC(=O)C=C(NOO)C2=O)cc1. The second-order valence-electron chi connectivity index (χ2n) is 4.84. The second-order valence-corrected chi connectivity index (χ2v) is 4.84. The van der Waals surface area contributed by atoms with E-state index in [0.717, 1.165) is 25.3 Å². The van der Waals surface area contributed by atoms with Crippen LogP contribution in [0.25, 0.3) is 5.57 Å². The molecule has 1 aliphatic rings. The molecule has 0 aliphatic heterocycles. The maximum absolute atomic E-state index is 12.2. The molecule has 0 spiro atoms. The van der Waals surface area contributed by atoms with Gasteiger partial charge in [0, 0.05) is 11.6 Å². The van der Waals surface area contributed by atoms with Crippen LogP contribution in [0.2, 0.25) is 0 Å². The van der Waals surface area contributed by atoms with Crippen LogP contribution < -0.4 is 5.48 Å². The summed E-state index contributed by atoms with van der Waals surface area (Å²) in [6.45, 7) is 2.13. The van der Waals surface area contributed by atoms with Crippen LogP contribution in [0.3, 0.4) is 0 Å². The average molecular weight is 287 g/mol. The van der Waals surface area contributed by atoms with E-state index in [1.165, 1.54) is 11.6 Å². The molecule has 1 aromatic carbocycles. The first kappa shape index (κ1) is 15.2. The highest BCUT2D eigenvalue weighted by molar-refractivity contribution is 6.35. The van der Waals surface area contributed by atoms with Crippen LogP contribution in [0.1, 0.15) is 30.9 Å². The lowest BCUT2D eigenvalue weighted by Gasteiger charge is -2.13. The highest BCUT2D eigenvalue weighted by Gasteiger charge is 2.23. The van der Waals surface area contributed by atoms with Crippen molar-refractivity contribution in [3.8, 4) is 0 Å². The number of rotatable bonds is 6. The van der Waals surface area contributed by atoms with Crippen LogP contribution in [0, 0.1) is 0 Å². The van der Waals surface area contributed by atoms with Gasteiger partial charge >= 0.3 is 0 Å². The Balaban J connectivity index is 2.21. The van der Waals surface area contributed by atoms with Crippen molar-refractivity contribution in [2.24, 2.45) is 0 Å². The molecule has 0 fully saturated rings. The molecule has 0 heterocycles. The van der Waals surface area contributed by atoms with Crippen LogP contribution in [0.15, 0.2) is 42.1 Å². The summed E-state index contributed by atoms with van der Waals surface area (Å²) in [5.74, 6) is -0.732. The lowest BCUT2D eigenvalue weighted by atomic mass is 9.93. The number of unbranched alkanes of at least 4 members (excludes halogenated alkanes) is 1. The van der Waals surface area contributed by atoms with Gasteiger partial charge in [0.2, 0.25) is 5.78 Å². The Morgan fingerprint density at radius 3 is 2.48 bits per heavy atom. The number of carbonyl (C=O) groups excluding carboxylic acids is 2. The molecule has 1 aromatic rings. The molecule has 0 aromatic heterocycles. The van der Waals surface area contributed by atoms with Crippen molar-refractivity contribution in [1.82, 2.24) is 5.48 Å². The Kier molecular flexibility index (Phi) is 5.03. The van der Waals surface area contributed by atoms with Crippen molar-refractivity contribution in [2.75, 3.05) is 0 Å². The van der Waals surface area contributed by atoms with E-state index in [1.807, 2.05) is 29.7 Å². The van der Waals surface area contributed by atoms with Gasteiger partial charge in [-0.05, 0) is 30.0 Å². The van der Waals surface area contributed by atoms with E-state index in [-0.39, 0.29) is 17.1 Å². The number of nitrogens with one attached hydrogen (secondary N) is 1. The van der Waals surface area contributed by atoms with Gasteiger partial charge in [0.1, 0.15) is 5.70 Å². The number of benzene rings is 1. The molecular weight excluding hydrogens is 270 g/mol. The van der Waals surface area contributed by atoms with Gasteiger partial charge in [0.05, 0.1) is 0 Å². The van der Waals surface area contributed by atoms with Crippen LogP contribution >= 0.6 is 0 Å². The van der Waals surface area contributed by atoms with E-state index in [9.17, 15) is 9.59 Å². The summed E-state index contributed by atoms with van der Waals surface area (Å²) in [5, 5.41) is 8.36. The summed E-state index contributed by atoms with van der Waals surface area (Å²) in [6.07, 6.45) is 5.60. The number of Topliss-reactive ketones (excluding diaryl/α,β-unsaturated/α-hetero) is 1. The van der Waals surface area contributed by atoms with E-state index in [2.05, 4.69) is 11.9 Å². The van der Waals surface area contributed by atoms with Gasteiger partial charge in [-0.15, -0.1) is 4.99 Å². The molecule has 5 nitrogen and oxygen atoms in total. The number of hydrogen-bond donors (Lipinski definition) is 2. The van der Waals surface area contributed by atoms with Crippen molar-refractivity contribution in [2.45, 2.75) is 26.2 Å². The van der Waals surface area contributed by atoms with Gasteiger partial charge < -0.3 is 0 Å². The molecule has 0 radical (unpaired) electrons. The van der Waals surface area contributed by atoms with Crippen molar-refractivity contribution < 1.29 is 19.8 Å². The normalized spacial score (nSPS) is 14.8. The minimum Gasteiger partial charge on any atom is -0.290 e. The molecule has 110 valence electrons. The quantitative estimate of drug-likeness (QED) is 0.477. The van der Waals surface area contributed by atoms with Gasteiger partial charge in [-0.2, -0.15) is 0 Å². The first-order valence-electron chi connectivity index (χ1n) is 6.83. The molecule has 1 aliphatic carbocycles. The number of hydroxylamine groups is 1. The molecule has 0 bridgehead atoms. The fourth-order valence-electron chi connectivity index (χ4n) is 2.17. The topological polar surface area (TPSA) is 75.6 Å². The fraction of sp³-hybridized carbons (Fsp3) is 0.250. The first-order valence-corrected chi connectivity index (χ1v) is 6.83. The van der Waals surface area contributed by atoms with Crippen LogP contribution in [0.4, 0.5) is 0 Å². The van der Waals surface area contributed by atoms with Gasteiger partial charge in [-0.3, -0.25) is 9.59 Å². The Hall–Kier alpha value is -2.24. The summed E-state index contributed by atoms with van der Waals surface area (Å²) >= 11 is 0. The predicted octanol–water partition coefficient (Wildman–Crippen LogP) is 2.44. The average Bonchev–Trinajstić information content (AvgIpc) is 2.49. The standard InChI is InChI=1S/C16H17NO4/c1-2-3-4-11-5-7-12(8-6-11)14-9-13(18)10-15(16(14)19)17-21-20/h5-10,17,20H,2-4H2,1H3. The van der Waals surface area contributed by atoms with Crippen molar-refractivity contribution >= 4 is 17.1 Å². The highest BCUT2D eigenvalue weighted by Crippen LogP contribution is 2.22. The molecule has 21 heavy (non-hydrogen) atoms. The monoisotopic (exact) mass is 287 g/mol. The Morgan fingerprint density at radius 2 is 1.86 bits per heavy atom. The number of aryl methyl sites for hydroxylation is 1. The number of hydrogen-bond acceptors (Lipinski definition) is 5. The third kappa shape index (κ3) is 3.65. The van der Waals surface area contributed by atoms with Crippen LogP contribution in [-0.2, 0) is 21.0 Å². The largest absolute Gasteiger partial charge is 0.290 e. The van der Waals surface area contributed by atoms with Crippen molar-refractivity contribution in [3.05, 3.63) is 53.2 Å². The smallest absolute Gasteiger partial charge is 0.212 e. The van der Waals surface area contributed by atoms with Gasteiger partial charge in [0.15, 0.2) is 5.78 Å². The number of allylic oxidation sites excluding steroid dienone is 3. The number of ketones is 2. The van der Waals surface area contributed by atoms with Crippen molar-refractivity contribution in [3.63, 3.8) is 0 Å². The van der Waals surface area contributed by atoms with Crippen LogP contribution in [-0.4, -0.2) is 16.8 Å². The predicted molar refractivity (Wildman–Crippen MR) is 78.0 cm³/mol. The molecule has 0 saturated heterocycles.